The molecule has 12 rings (SSSR count). The summed E-state index contributed by atoms with van der Waals surface area (Å²) in [4.78, 5) is 10.5. The Hall–Kier alpha value is -7.50. The molecule has 0 fully saturated rings. The molecular formula is C50H31N5. The molecule has 12 aromatic rings. The van der Waals surface area contributed by atoms with Gasteiger partial charge in [0.25, 0.3) is 0 Å². The van der Waals surface area contributed by atoms with Crippen molar-refractivity contribution in [3.8, 4) is 28.5 Å². The van der Waals surface area contributed by atoms with Gasteiger partial charge in [0.15, 0.2) is 5.82 Å². The Morgan fingerprint density at radius 2 is 0.764 bits per heavy atom. The first-order valence-corrected chi connectivity index (χ1v) is 18.7. The molecule has 0 amide bonds. The molecule has 256 valence electrons. The molecule has 0 saturated carbocycles. The molecule has 0 aliphatic rings. The van der Waals surface area contributed by atoms with Gasteiger partial charge < -0.3 is 9.13 Å². The molecule has 5 nitrogen and oxygen atoms in total. The van der Waals surface area contributed by atoms with Crippen LogP contribution in [-0.2, 0) is 0 Å². The van der Waals surface area contributed by atoms with Crippen LogP contribution in [0.2, 0.25) is 0 Å². The molecule has 0 atom stereocenters. The van der Waals surface area contributed by atoms with Crippen LogP contribution in [0.3, 0.4) is 0 Å². The number of nitrogens with zero attached hydrogens (tertiary/aromatic N) is 5. The fourth-order valence-corrected chi connectivity index (χ4v) is 8.83. The summed E-state index contributed by atoms with van der Waals surface area (Å²) in [6.07, 6.45) is 0. The first-order chi connectivity index (χ1) is 27.3. The second kappa shape index (κ2) is 11.5. The lowest BCUT2D eigenvalue weighted by Gasteiger charge is -2.14. The summed E-state index contributed by atoms with van der Waals surface area (Å²) in [5, 5.41) is 7.30. The number of fused-ring (bicyclic) bond motifs is 10. The second-order valence-corrected chi connectivity index (χ2v) is 14.2. The van der Waals surface area contributed by atoms with E-state index in [1.54, 1.807) is 0 Å². The predicted molar refractivity (Wildman–Crippen MR) is 228 cm³/mol. The Labute approximate surface area is 315 Å². The quantitative estimate of drug-likeness (QED) is 0.183. The summed E-state index contributed by atoms with van der Waals surface area (Å²) in [6, 6.07) is 67.1. The van der Waals surface area contributed by atoms with E-state index in [0.29, 0.717) is 0 Å². The maximum absolute atomic E-state index is 5.32. The van der Waals surface area contributed by atoms with E-state index < -0.39 is 0 Å². The largest absolute Gasteiger partial charge is 0.309 e. The highest BCUT2D eigenvalue weighted by Crippen LogP contribution is 2.41. The minimum absolute atomic E-state index is 0.817. The van der Waals surface area contributed by atoms with Gasteiger partial charge in [-0.25, -0.2) is 9.97 Å². The molecule has 0 N–H and O–H groups in total. The standard InChI is InChI=1S/C50H31N5/c1-3-15-32(16-4-1)49-50(52-42-23-11-10-22-41(42)51-49)55-45-26-14-9-19-35(45)38-29-34(27-28-46(38)55)54-44-25-13-8-21-37(44)40-30-39-36-20-7-12-24-43(36)53(47(39)31-48(40)54)33-17-5-2-6-18-33/h1-31H. The van der Waals surface area contributed by atoms with Gasteiger partial charge in [0.1, 0.15) is 5.69 Å². The van der Waals surface area contributed by atoms with Gasteiger partial charge in [-0.1, -0.05) is 115 Å². The molecule has 5 heteroatoms. The summed E-state index contributed by atoms with van der Waals surface area (Å²) in [5.41, 5.74) is 12.8. The van der Waals surface area contributed by atoms with E-state index in [0.717, 1.165) is 55.9 Å². The van der Waals surface area contributed by atoms with Crippen LogP contribution in [-0.4, -0.2) is 23.7 Å². The Balaban J connectivity index is 1.16. The summed E-state index contributed by atoms with van der Waals surface area (Å²) < 4.78 is 7.13. The number of para-hydroxylation sites is 6. The van der Waals surface area contributed by atoms with Crippen LogP contribution in [0, 0.1) is 0 Å². The third-order valence-electron chi connectivity index (χ3n) is 11.2. The zero-order valence-electron chi connectivity index (χ0n) is 29.6. The van der Waals surface area contributed by atoms with Gasteiger partial charge in [-0.2, -0.15) is 0 Å². The normalized spacial score (nSPS) is 12.0. The Kier molecular flexibility index (Phi) is 6.27. The zero-order chi connectivity index (χ0) is 36.0. The molecule has 4 aromatic heterocycles. The molecule has 0 bridgehead atoms. The third-order valence-corrected chi connectivity index (χ3v) is 11.2. The molecule has 0 unspecified atom stereocenters. The van der Waals surface area contributed by atoms with E-state index >= 15 is 0 Å². The lowest BCUT2D eigenvalue weighted by molar-refractivity contribution is 1.08. The topological polar surface area (TPSA) is 40.6 Å². The van der Waals surface area contributed by atoms with Crippen molar-refractivity contribution in [3.05, 3.63) is 188 Å². The van der Waals surface area contributed by atoms with Gasteiger partial charge in [-0.3, -0.25) is 4.57 Å². The molecule has 55 heavy (non-hydrogen) atoms. The predicted octanol–water partition coefficient (Wildman–Crippen LogP) is 12.6. The van der Waals surface area contributed by atoms with Crippen LogP contribution in [0.5, 0.6) is 0 Å². The molecular weight excluding hydrogens is 671 g/mol. The van der Waals surface area contributed by atoms with Gasteiger partial charge in [0.05, 0.1) is 44.1 Å². The molecule has 8 aromatic carbocycles. The van der Waals surface area contributed by atoms with Gasteiger partial charge in [0, 0.05) is 49.3 Å². The van der Waals surface area contributed by atoms with E-state index in [2.05, 4.69) is 171 Å². The zero-order valence-corrected chi connectivity index (χ0v) is 29.6. The van der Waals surface area contributed by atoms with Crippen molar-refractivity contribution in [3.63, 3.8) is 0 Å². The Morgan fingerprint density at radius 1 is 0.291 bits per heavy atom. The van der Waals surface area contributed by atoms with Crippen LogP contribution in [0.25, 0.3) is 105 Å². The van der Waals surface area contributed by atoms with Crippen molar-refractivity contribution in [1.82, 2.24) is 23.7 Å². The summed E-state index contributed by atoms with van der Waals surface area (Å²) in [6.45, 7) is 0. The van der Waals surface area contributed by atoms with Crippen LogP contribution in [0.4, 0.5) is 0 Å². The molecule has 0 aliphatic heterocycles. The van der Waals surface area contributed by atoms with Crippen LogP contribution in [0.1, 0.15) is 0 Å². The van der Waals surface area contributed by atoms with Crippen LogP contribution < -0.4 is 0 Å². The lowest BCUT2D eigenvalue weighted by atomic mass is 10.1. The first-order valence-electron chi connectivity index (χ1n) is 18.7. The third kappa shape index (κ3) is 4.35. The van der Waals surface area contributed by atoms with Crippen molar-refractivity contribution >= 4 is 76.5 Å². The second-order valence-electron chi connectivity index (χ2n) is 14.2. The highest BCUT2D eigenvalue weighted by atomic mass is 15.1. The fourth-order valence-electron chi connectivity index (χ4n) is 8.83. The molecule has 4 heterocycles. The maximum Gasteiger partial charge on any atom is 0.165 e. The van der Waals surface area contributed by atoms with Crippen molar-refractivity contribution in [2.75, 3.05) is 0 Å². The number of hydrogen-bond acceptors (Lipinski definition) is 2. The average molecular weight is 702 g/mol. The number of rotatable bonds is 4. The van der Waals surface area contributed by atoms with E-state index in [9.17, 15) is 0 Å². The van der Waals surface area contributed by atoms with Crippen molar-refractivity contribution in [2.24, 2.45) is 0 Å². The molecule has 0 radical (unpaired) electrons. The van der Waals surface area contributed by atoms with Crippen molar-refractivity contribution in [1.29, 1.82) is 0 Å². The van der Waals surface area contributed by atoms with Crippen molar-refractivity contribution in [2.45, 2.75) is 0 Å². The van der Waals surface area contributed by atoms with E-state index in [1.165, 1.54) is 49.0 Å². The monoisotopic (exact) mass is 701 g/mol. The highest BCUT2D eigenvalue weighted by molar-refractivity contribution is 6.19. The minimum Gasteiger partial charge on any atom is -0.309 e. The van der Waals surface area contributed by atoms with Gasteiger partial charge in [0.2, 0.25) is 0 Å². The van der Waals surface area contributed by atoms with E-state index in [1.807, 2.05) is 30.3 Å². The van der Waals surface area contributed by atoms with Crippen LogP contribution >= 0.6 is 0 Å². The smallest absolute Gasteiger partial charge is 0.165 e. The van der Waals surface area contributed by atoms with E-state index in [-0.39, 0.29) is 0 Å². The molecule has 0 aliphatic carbocycles. The Bertz CT molecular complexity index is 3480. The first kappa shape index (κ1) is 30.0. The van der Waals surface area contributed by atoms with Gasteiger partial charge in [-0.05, 0) is 72.8 Å². The number of benzene rings is 8. The molecule has 0 saturated heterocycles. The maximum atomic E-state index is 5.32. The van der Waals surface area contributed by atoms with Crippen LogP contribution in [0.15, 0.2) is 188 Å². The molecule has 0 spiro atoms. The van der Waals surface area contributed by atoms with Gasteiger partial charge >= 0.3 is 0 Å². The number of aromatic nitrogens is 5. The van der Waals surface area contributed by atoms with Gasteiger partial charge in [-0.15, -0.1) is 0 Å². The van der Waals surface area contributed by atoms with E-state index in [4.69, 9.17) is 9.97 Å². The Morgan fingerprint density at radius 3 is 1.40 bits per heavy atom. The average Bonchev–Trinajstić information content (AvgIpc) is 3.88. The lowest BCUT2D eigenvalue weighted by Crippen LogP contribution is -2.03. The van der Waals surface area contributed by atoms with Crippen molar-refractivity contribution < 1.29 is 0 Å². The highest BCUT2D eigenvalue weighted by Gasteiger charge is 2.22. The summed E-state index contributed by atoms with van der Waals surface area (Å²) >= 11 is 0. The summed E-state index contributed by atoms with van der Waals surface area (Å²) in [5.74, 6) is 0.817. The number of hydrogen-bond donors (Lipinski definition) is 0. The fraction of sp³-hybridized carbons (Fsp3) is 0. The minimum atomic E-state index is 0.817. The summed E-state index contributed by atoms with van der Waals surface area (Å²) in [7, 11) is 0. The SMILES string of the molecule is c1ccc(-c2nc3ccccc3nc2-n2c3ccccc3c3cc(-n4c5ccccc5c5cc6c7ccccc7n(-c7ccccc7)c6cc54)ccc32)cc1.